The van der Waals surface area contributed by atoms with E-state index in [-0.39, 0.29) is 11.5 Å². The van der Waals surface area contributed by atoms with E-state index in [0.717, 1.165) is 55.5 Å². The molecule has 6 atom stereocenters. The number of aliphatic hydroxyl groups is 1. The lowest BCUT2D eigenvalue weighted by Crippen LogP contribution is -2.47. The summed E-state index contributed by atoms with van der Waals surface area (Å²) >= 11 is 3.69. The number of aliphatic hydroxyl groups excluding tert-OH is 1. The Bertz CT molecular complexity index is 1080. The molecular formula is C31H40BrNO3. The van der Waals surface area contributed by atoms with Gasteiger partial charge < -0.3 is 14.9 Å². The smallest absolute Gasteiger partial charge is 0.130 e. The number of fused-ring (bicyclic) bond motifs is 5. The first kappa shape index (κ1) is 24.8. The summed E-state index contributed by atoms with van der Waals surface area (Å²) < 4.78 is 7.00. The predicted molar refractivity (Wildman–Crippen MR) is 147 cm³/mol. The fraction of sp³-hybridized carbons (Fsp3) is 0.613. The van der Waals surface area contributed by atoms with Crippen molar-refractivity contribution in [3.8, 4) is 11.5 Å². The number of phenolic OH excluding ortho intramolecular Hbond substituents is 1. The van der Waals surface area contributed by atoms with Crippen LogP contribution in [0.2, 0.25) is 0 Å². The summed E-state index contributed by atoms with van der Waals surface area (Å²) in [6.45, 7) is 6.49. The molecule has 4 nitrogen and oxygen atoms in total. The average Bonchev–Trinajstić information content (AvgIpc) is 3.20. The topological polar surface area (TPSA) is 52.9 Å². The van der Waals surface area contributed by atoms with Gasteiger partial charge in [-0.3, -0.25) is 4.90 Å². The molecule has 0 radical (unpaired) electrons. The molecule has 6 rings (SSSR count). The number of ether oxygens (including phenoxy) is 1. The second kappa shape index (κ2) is 9.96. The fourth-order valence-corrected chi connectivity index (χ4v) is 8.88. The number of nitrogens with zero attached hydrogens (tertiary/aromatic N) is 1. The number of halogens is 1. The maximum absolute atomic E-state index is 11.1. The van der Waals surface area contributed by atoms with Gasteiger partial charge in [-0.25, -0.2) is 0 Å². The van der Waals surface area contributed by atoms with E-state index in [1.165, 1.54) is 49.0 Å². The Morgan fingerprint density at radius 3 is 2.58 bits per heavy atom. The molecule has 0 aromatic heterocycles. The maximum Gasteiger partial charge on any atom is 0.130 e. The highest BCUT2D eigenvalue weighted by Crippen LogP contribution is 2.65. The van der Waals surface area contributed by atoms with Crippen molar-refractivity contribution < 1.29 is 14.9 Å². The molecule has 5 heteroatoms. The molecular weight excluding hydrogens is 514 g/mol. The van der Waals surface area contributed by atoms with Crippen molar-refractivity contribution >= 4 is 15.9 Å². The third kappa shape index (κ3) is 4.29. The number of benzene rings is 2. The second-order valence-electron chi connectivity index (χ2n) is 12.0. The minimum absolute atomic E-state index is 0.0267. The first-order valence-electron chi connectivity index (χ1n) is 14.1. The molecule has 36 heavy (non-hydrogen) atoms. The van der Waals surface area contributed by atoms with Crippen molar-refractivity contribution in [1.82, 2.24) is 4.90 Å². The van der Waals surface area contributed by atoms with Crippen molar-refractivity contribution in [1.29, 1.82) is 0 Å². The lowest BCUT2D eigenvalue weighted by Gasteiger charge is -2.54. The van der Waals surface area contributed by atoms with E-state index in [4.69, 9.17) is 4.74 Å². The van der Waals surface area contributed by atoms with E-state index in [1.54, 1.807) is 0 Å². The average molecular weight is 555 g/mol. The number of rotatable bonds is 5. The molecule has 2 aromatic carbocycles. The van der Waals surface area contributed by atoms with Crippen molar-refractivity contribution in [2.75, 3.05) is 26.2 Å². The van der Waals surface area contributed by atoms with Gasteiger partial charge in [0.1, 0.15) is 18.1 Å². The second-order valence-corrected chi connectivity index (χ2v) is 12.8. The van der Waals surface area contributed by atoms with E-state index >= 15 is 0 Å². The molecule has 2 N–H and O–H groups in total. The third-order valence-electron chi connectivity index (χ3n) is 10.2. The molecule has 1 aliphatic heterocycles. The third-order valence-corrected chi connectivity index (χ3v) is 11.1. The minimum Gasteiger partial charge on any atom is -0.507 e. The highest BCUT2D eigenvalue weighted by molar-refractivity contribution is 9.10. The zero-order chi connectivity index (χ0) is 24.9. The molecule has 2 aromatic rings. The van der Waals surface area contributed by atoms with Crippen LogP contribution in [0.15, 0.2) is 40.9 Å². The van der Waals surface area contributed by atoms with Crippen LogP contribution in [-0.4, -0.2) is 47.5 Å². The van der Waals surface area contributed by atoms with Gasteiger partial charge in [0.2, 0.25) is 0 Å². The number of likely N-dealkylation sites (tertiary alicyclic amines) is 1. The number of hydrogen-bond donors (Lipinski definition) is 2. The summed E-state index contributed by atoms with van der Waals surface area (Å²) in [6, 6.07) is 12.9. The first-order valence-corrected chi connectivity index (χ1v) is 14.9. The highest BCUT2D eigenvalue weighted by Gasteiger charge is 2.57. The standard InChI is InChI=1S/C31H40BrNO3/c1-31-19-25(20-5-7-21(8-6-20)36-18-17-33-15-3-2-4-16-33)29-22-11-13-27(34)30(32)23(22)9-10-24(29)26(31)12-14-28(31)35/h5-8,11,13,24-26,28-29,34-35H,2-4,9-10,12,14-19H2,1H3/t24-,25+,26-,28-,29+,31-/m0/s1. The highest BCUT2D eigenvalue weighted by atomic mass is 79.9. The van der Waals surface area contributed by atoms with Gasteiger partial charge >= 0.3 is 0 Å². The van der Waals surface area contributed by atoms with Crippen molar-refractivity contribution in [2.45, 2.75) is 76.2 Å². The van der Waals surface area contributed by atoms with Crippen molar-refractivity contribution in [3.05, 3.63) is 57.6 Å². The molecule has 194 valence electrons. The zero-order valence-corrected chi connectivity index (χ0v) is 23.0. The predicted octanol–water partition coefficient (Wildman–Crippen LogP) is 6.63. The molecule has 3 aliphatic carbocycles. The molecule has 0 bridgehead atoms. The first-order chi connectivity index (χ1) is 17.5. The van der Waals surface area contributed by atoms with E-state index in [1.807, 2.05) is 6.07 Å². The monoisotopic (exact) mass is 553 g/mol. The summed E-state index contributed by atoms with van der Waals surface area (Å²) in [5.74, 6) is 3.18. The number of aromatic hydroxyl groups is 1. The zero-order valence-electron chi connectivity index (χ0n) is 21.5. The van der Waals surface area contributed by atoms with Gasteiger partial charge in [0, 0.05) is 6.54 Å². The van der Waals surface area contributed by atoms with E-state index in [9.17, 15) is 10.2 Å². The van der Waals surface area contributed by atoms with Gasteiger partial charge in [0.25, 0.3) is 0 Å². The Morgan fingerprint density at radius 1 is 1.03 bits per heavy atom. The van der Waals surface area contributed by atoms with Crippen molar-refractivity contribution in [3.63, 3.8) is 0 Å². The van der Waals surface area contributed by atoms with Gasteiger partial charge in [-0.05, 0) is 138 Å². The normalized spacial score (nSPS) is 34.0. The van der Waals surface area contributed by atoms with Gasteiger partial charge in [-0.1, -0.05) is 31.5 Å². The Hall–Kier alpha value is -1.56. The molecule has 1 saturated heterocycles. The lowest BCUT2D eigenvalue weighted by atomic mass is 9.51. The molecule has 0 spiro atoms. The molecule has 3 fully saturated rings. The summed E-state index contributed by atoms with van der Waals surface area (Å²) in [7, 11) is 0. The molecule has 2 saturated carbocycles. The number of piperidine rings is 1. The Labute approximate surface area is 224 Å². The van der Waals surface area contributed by atoms with Crippen LogP contribution in [0.25, 0.3) is 0 Å². The summed E-state index contributed by atoms with van der Waals surface area (Å²) in [5, 5.41) is 21.5. The van der Waals surface area contributed by atoms with Crippen LogP contribution >= 0.6 is 15.9 Å². The molecule has 4 aliphatic rings. The fourth-order valence-electron chi connectivity index (χ4n) is 8.33. The van der Waals surface area contributed by atoms with Gasteiger partial charge in [0.15, 0.2) is 0 Å². The van der Waals surface area contributed by atoms with E-state index in [0.29, 0.717) is 29.4 Å². The van der Waals surface area contributed by atoms with Crippen LogP contribution in [0.4, 0.5) is 0 Å². The van der Waals surface area contributed by atoms with Crippen molar-refractivity contribution in [2.24, 2.45) is 17.3 Å². The molecule has 0 unspecified atom stereocenters. The lowest BCUT2D eigenvalue weighted by molar-refractivity contribution is -0.0323. The SMILES string of the molecule is C[C@]12C[C@H](c3ccc(OCCN4CCCCC4)cc3)[C@@H]3c4ccc(O)c(Br)c4CC[C@H]3[C@@H]1CC[C@@H]2O. The van der Waals surface area contributed by atoms with Gasteiger partial charge in [-0.2, -0.15) is 0 Å². The van der Waals surface area contributed by atoms with Crippen LogP contribution in [0.5, 0.6) is 11.5 Å². The molecule has 1 heterocycles. The largest absolute Gasteiger partial charge is 0.507 e. The van der Waals surface area contributed by atoms with E-state index in [2.05, 4.69) is 58.1 Å². The summed E-state index contributed by atoms with van der Waals surface area (Å²) in [5.41, 5.74) is 4.00. The van der Waals surface area contributed by atoms with Gasteiger partial charge in [-0.15, -0.1) is 0 Å². The summed E-state index contributed by atoms with van der Waals surface area (Å²) in [6.07, 6.45) is 8.95. The van der Waals surface area contributed by atoms with E-state index < -0.39 is 0 Å². The van der Waals surface area contributed by atoms with Crippen LogP contribution in [0, 0.1) is 17.3 Å². The number of hydrogen-bond acceptors (Lipinski definition) is 4. The minimum atomic E-state index is -0.212. The van der Waals surface area contributed by atoms with Crippen LogP contribution in [0.3, 0.4) is 0 Å². The molecule has 0 amide bonds. The Balaban J connectivity index is 1.26. The van der Waals surface area contributed by atoms with Crippen LogP contribution in [0.1, 0.15) is 80.4 Å². The van der Waals surface area contributed by atoms with Crippen LogP contribution < -0.4 is 4.74 Å². The maximum atomic E-state index is 11.1. The Kier molecular flexibility index (Phi) is 6.85. The van der Waals surface area contributed by atoms with Gasteiger partial charge in [0.05, 0.1) is 10.6 Å². The van der Waals surface area contributed by atoms with Crippen LogP contribution in [-0.2, 0) is 6.42 Å². The Morgan fingerprint density at radius 2 is 1.81 bits per heavy atom. The number of phenols is 1. The summed E-state index contributed by atoms with van der Waals surface area (Å²) in [4.78, 5) is 2.51. The quantitative estimate of drug-likeness (QED) is 0.436.